The first-order valence-corrected chi connectivity index (χ1v) is 28.9. The van der Waals surface area contributed by atoms with Crippen LogP contribution in [0.2, 0.25) is 0 Å². The molecular weight excluding hydrogens is 841 g/mol. The van der Waals surface area contributed by atoms with Crippen molar-refractivity contribution in [2.24, 2.45) is 0 Å². The Bertz CT molecular complexity index is 1270. The van der Waals surface area contributed by atoms with Crippen LogP contribution in [0.1, 0.15) is 284 Å². The number of carbonyl (C=O) groups excluding carboxylic acids is 3. The van der Waals surface area contributed by atoms with Gasteiger partial charge in [-0.1, -0.05) is 235 Å². The summed E-state index contributed by atoms with van der Waals surface area (Å²) in [5, 5.41) is 0. The van der Waals surface area contributed by atoms with Crippen molar-refractivity contribution in [1.29, 1.82) is 0 Å². The molecule has 0 saturated heterocycles. The van der Waals surface area contributed by atoms with Gasteiger partial charge in [0.2, 0.25) is 0 Å². The second-order valence-electron chi connectivity index (χ2n) is 19.2. The fourth-order valence-electron chi connectivity index (χ4n) is 8.06. The highest BCUT2D eigenvalue weighted by atomic mass is 16.6. The molecule has 6 nitrogen and oxygen atoms in total. The number of esters is 3. The molecule has 0 rings (SSSR count). The number of hydrogen-bond donors (Lipinski definition) is 0. The molecule has 1 unspecified atom stereocenters. The van der Waals surface area contributed by atoms with E-state index in [-0.39, 0.29) is 31.1 Å². The third-order valence-electron chi connectivity index (χ3n) is 12.4. The summed E-state index contributed by atoms with van der Waals surface area (Å²) < 4.78 is 16.8. The van der Waals surface area contributed by atoms with Crippen molar-refractivity contribution in [2.45, 2.75) is 290 Å². The van der Waals surface area contributed by atoms with E-state index in [0.717, 1.165) is 96.3 Å². The van der Waals surface area contributed by atoms with E-state index in [2.05, 4.69) is 93.7 Å². The number of hydrogen-bond acceptors (Lipinski definition) is 6. The van der Waals surface area contributed by atoms with Gasteiger partial charge in [-0.2, -0.15) is 0 Å². The van der Waals surface area contributed by atoms with E-state index in [1.165, 1.54) is 148 Å². The standard InChI is InChI=1S/C62H108O6/c1-4-7-10-13-16-19-22-24-26-28-30-31-32-34-35-37-40-43-46-49-52-55-61(64)67-58-59(57-66-60(63)54-51-48-45-42-39-21-18-15-12-9-6-3)68-62(65)56-53-50-47-44-41-38-36-33-29-27-25-23-20-17-14-11-8-5-2/h7,10,15-16,18-19,24,26-27,29-31,59H,4-6,8-9,11-14,17,20-23,25,28,32-58H2,1-3H3/b10-7-,18-15-,19-16-,26-24-,29-27-,31-30-. The van der Waals surface area contributed by atoms with Crippen LogP contribution < -0.4 is 0 Å². The highest BCUT2D eigenvalue weighted by Gasteiger charge is 2.19. The summed E-state index contributed by atoms with van der Waals surface area (Å²) >= 11 is 0. The fourth-order valence-corrected chi connectivity index (χ4v) is 8.06. The smallest absolute Gasteiger partial charge is 0.306 e. The number of ether oxygens (including phenoxy) is 3. The Balaban J connectivity index is 4.34. The summed E-state index contributed by atoms with van der Waals surface area (Å²) in [5.74, 6) is -0.897. The Labute approximate surface area is 421 Å². The van der Waals surface area contributed by atoms with E-state index in [4.69, 9.17) is 14.2 Å². The van der Waals surface area contributed by atoms with Crippen LogP contribution in [-0.2, 0) is 28.6 Å². The molecule has 0 heterocycles. The average molecular weight is 950 g/mol. The lowest BCUT2D eigenvalue weighted by atomic mass is 10.1. The van der Waals surface area contributed by atoms with Crippen molar-refractivity contribution in [1.82, 2.24) is 0 Å². The van der Waals surface area contributed by atoms with Crippen molar-refractivity contribution < 1.29 is 28.6 Å². The fraction of sp³-hybridized carbons (Fsp3) is 0.758. The van der Waals surface area contributed by atoms with Crippen LogP contribution in [0.3, 0.4) is 0 Å². The second-order valence-corrected chi connectivity index (χ2v) is 19.2. The summed E-state index contributed by atoms with van der Waals surface area (Å²) in [4.78, 5) is 38.1. The molecule has 6 heteroatoms. The van der Waals surface area contributed by atoms with Gasteiger partial charge in [0, 0.05) is 19.3 Å². The lowest BCUT2D eigenvalue weighted by Gasteiger charge is -2.18. The number of unbranched alkanes of at least 4 members (excludes halogenated alkanes) is 29. The first-order chi connectivity index (χ1) is 33.5. The van der Waals surface area contributed by atoms with Crippen LogP contribution in [0.15, 0.2) is 72.9 Å². The maximum atomic E-state index is 12.9. The topological polar surface area (TPSA) is 78.9 Å². The molecule has 68 heavy (non-hydrogen) atoms. The number of rotatable bonds is 52. The molecule has 0 aliphatic carbocycles. The van der Waals surface area contributed by atoms with E-state index in [0.29, 0.717) is 19.3 Å². The molecule has 0 saturated carbocycles. The molecule has 0 aromatic heterocycles. The van der Waals surface area contributed by atoms with Gasteiger partial charge in [-0.15, -0.1) is 0 Å². The largest absolute Gasteiger partial charge is 0.462 e. The Kier molecular flexibility index (Phi) is 53.8. The maximum Gasteiger partial charge on any atom is 0.306 e. The minimum absolute atomic E-state index is 0.0834. The van der Waals surface area contributed by atoms with E-state index < -0.39 is 6.10 Å². The van der Waals surface area contributed by atoms with Crippen LogP contribution in [0.4, 0.5) is 0 Å². The number of carbonyl (C=O) groups is 3. The predicted molar refractivity (Wildman–Crippen MR) is 293 cm³/mol. The van der Waals surface area contributed by atoms with Gasteiger partial charge < -0.3 is 14.2 Å². The normalized spacial score (nSPS) is 12.6. The van der Waals surface area contributed by atoms with E-state index in [1.54, 1.807) is 0 Å². The highest BCUT2D eigenvalue weighted by Crippen LogP contribution is 2.15. The van der Waals surface area contributed by atoms with Gasteiger partial charge in [0.1, 0.15) is 13.2 Å². The third-order valence-corrected chi connectivity index (χ3v) is 12.4. The molecule has 0 aliphatic heterocycles. The molecular formula is C62H108O6. The summed E-state index contributed by atoms with van der Waals surface area (Å²) in [5.41, 5.74) is 0. The Morgan fingerprint density at radius 1 is 0.309 bits per heavy atom. The summed E-state index contributed by atoms with van der Waals surface area (Å²) in [6.45, 7) is 6.49. The van der Waals surface area contributed by atoms with Crippen LogP contribution in [0, 0.1) is 0 Å². The minimum atomic E-state index is -0.784. The predicted octanol–water partition coefficient (Wildman–Crippen LogP) is 19.4. The number of allylic oxidation sites excluding steroid dienone is 12. The zero-order valence-corrected chi connectivity index (χ0v) is 44.9. The van der Waals surface area contributed by atoms with Gasteiger partial charge in [0.05, 0.1) is 0 Å². The van der Waals surface area contributed by atoms with Crippen molar-refractivity contribution >= 4 is 17.9 Å². The average Bonchev–Trinajstić information content (AvgIpc) is 3.34. The van der Waals surface area contributed by atoms with Gasteiger partial charge >= 0.3 is 17.9 Å². The molecule has 0 aromatic carbocycles. The van der Waals surface area contributed by atoms with Crippen molar-refractivity contribution in [3.8, 4) is 0 Å². The third kappa shape index (κ3) is 53.8. The molecule has 1 atom stereocenters. The van der Waals surface area contributed by atoms with Crippen LogP contribution in [-0.4, -0.2) is 37.2 Å². The molecule has 0 spiro atoms. The Morgan fingerprint density at radius 3 is 0.956 bits per heavy atom. The molecule has 0 bridgehead atoms. The van der Waals surface area contributed by atoms with Crippen molar-refractivity contribution in [2.75, 3.05) is 13.2 Å². The van der Waals surface area contributed by atoms with Crippen LogP contribution >= 0.6 is 0 Å². The van der Waals surface area contributed by atoms with Crippen LogP contribution in [0.25, 0.3) is 0 Å². The maximum absolute atomic E-state index is 12.9. The molecule has 0 amide bonds. The van der Waals surface area contributed by atoms with Gasteiger partial charge in [-0.25, -0.2) is 0 Å². The first-order valence-electron chi connectivity index (χ1n) is 28.9. The lowest BCUT2D eigenvalue weighted by molar-refractivity contribution is -0.167. The van der Waals surface area contributed by atoms with Gasteiger partial charge in [-0.3, -0.25) is 14.4 Å². The SMILES string of the molecule is CC/C=C\C/C=C\C/C=C\C/C=C\CCCCCCCCCCC(=O)OCC(COC(=O)CCCCCCC/C=C\CCCC)OC(=O)CCCCCCCCC/C=C\CCCCCCCCC. The van der Waals surface area contributed by atoms with Crippen LogP contribution in [0.5, 0.6) is 0 Å². The minimum Gasteiger partial charge on any atom is -0.462 e. The summed E-state index contributed by atoms with van der Waals surface area (Å²) in [6, 6.07) is 0. The second kappa shape index (κ2) is 56.4. The van der Waals surface area contributed by atoms with Crippen molar-refractivity contribution in [3.63, 3.8) is 0 Å². The molecule has 0 N–H and O–H groups in total. The van der Waals surface area contributed by atoms with Gasteiger partial charge in [0.15, 0.2) is 6.10 Å². The summed E-state index contributed by atoms with van der Waals surface area (Å²) in [6.07, 6.45) is 71.8. The molecule has 0 aliphatic rings. The molecule has 0 radical (unpaired) electrons. The zero-order valence-electron chi connectivity index (χ0n) is 44.9. The Morgan fingerprint density at radius 2 is 0.588 bits per heavy atom. The summed E-state index contributed by atoms with van der Waals surface area (Å²) in [7, 11) is 0. The van der Waals surface area contributed by atoms with Gasteiger partial charge in [-0.05, 0) is 103 Å². The van der Waals surface area contributed by atoms with E-state index in [1.807, 2.05) is 0 Å². The first kappa shape index (κ1) is 64.8. The van der Waals surface area contributed by atoms with E-state index >= 15 is 0 Å². The highest BCUT2D eigenvalue weighted by molar-refractivity contribution is 5.71. The molecule has 0 fully saturated rings. The molecule has 0 aromatic rings. The lowest BCUT2D eigenvalue weighted by Crippen LogP contribution is -2.30. The quantitative estimate of drug-likeness (QED) is 0.0262. The van der Waals surface area contributed by atoms with E-state index in [9.17, 15) is 14.4 Å². The van der Waals surface area contributed by atoms with Crippen molar-refractivity contribution in [3.05, 3.63) is 72.9 Å². The van der Waals surface area contributed by atoms with Gasteiger partial charge in [0.25, 0.3) is 0 Å². The Hall–Kier alpha value is -3.15. The monoisotopic (exact) mass is 949 g/mol. The zero-order chi connectivity index (χ0) is 49.3. The molecule has 392 valence electrons.